The van der Waals surface area contributed by atoms with Crippen LogP contribution in [-0.2, 0) is 4.79 Å². The van der Waals surface area contributed by atoms with Gasteiger partial charge in [0.05, 0.1) is 16.5 Å². The Bertz CT molecular complexity index is 940. The highest BCUT2D eigenvalue weighted by atomic mass is 32.1. The molecule has 0 bridgehead atoms. The Morgan fingerprint density at radius 3 is 2.08 bits per heavy atom. The van der Waals surface area contributed by atoms with E-state index in [4.69, 9.17) is 0 Å². The SMILES string of the molecule is O=C(Nc1nc(-c2cccs2)cs1)C(c1ccccc1)c1ccccc1. The molecule has 0 spiro atoms. The molecule has 0 aliphatic carbocycles. The van der Waals surface area contributed by atoms with Crippen molar-refractivity contribution < 1.29 is 4.79 Å². The quantitative estimate of drug-likeness (QED) is 0.489. The molecule has 2 heterocycles. The average Bonchev–Trinajstić information content (AvgIpc) is 3.35. The van der Waals surface area contributed by atoms with Crippen molar-refractivity contribution in [1.82, 2.24) is 4.98 Å². The minimum atomic E-state index is -0.369. The topological polar surface area (TPSA) is 42.0 Å². The minimum absolute atomic E-state index is 0.0746. The molecular formula is C21H16N2OS2. The summed E-state index contributed by atoms with van der Waals surface area (Å²) in [5, 5.41) is 7.61. The molecule has 0 unspecified atom stereocenters. The lowest BCUT2D eigenvalue weighted by Crippen LogP contribution is -2.22. The van der Waals surface area contributed by atoms with Crippen LogP contribution in [0.25, 0.3) is 10.6 Å². The molecule has 1 N–H and O–H groups in total. The summed E-state index contributed by atoms with van der Waals surface area (Å²) in [6.07, 6.45) is 0. The van der Waals surface area contributed by atoms with Crippen molar-refractivity contribution in [3.63, 3.8) is 0 Å². The summed E-state index contributed by atoms with van der Waals surface area (Å²) >= 11 is 3.09. The van der Waals surface area contributed by atoms with Gasteiger partial charge in [-0.25, -0.2) is 4.98 Å². The van der Waals surface area contributed by atoms with Gasteiger partial charge in [0.15, 0.2) is 5.13 Å². The van der Waals surface area contributed by atoms with Gasteiger partial charge >= 0.3 is 0 Å². The van der Waals surface area contributed by atoms with E-state index in [1.165, 1.54) is 11.3 Å². The summed E-state index contributed by atoms with van der Waals surface area (Å²) in [4.78, 5) is 18.7. The second-order valence-corrected chi connectivity index (χ2v) is 7.56. The van der Waals surface area contributed by atoms with Crippen LogP contribution in [0.2, 0.25) is 0 Å². The summed E-state index contributed by atoms with van der Waals surface area (Å²) in [7, 11) is 0. The Balaban J connectivity index is 1.61. The Morgan fingerprint density at radius 1 is 0.846 bits per heavy atom. The largest absolute Gasteiger partial charge is 0.301 e. The van der Waals surface area contributed by atoms with Gasteiger partial charge in [0.1, 0.15) is 0 Å². The van der Waals surface area contributed by atoms with Gasteiger partial charge in [0.2, 0.25) is 5.91 Å². The highest BCUT2D eigenvalue weighted by molar-refractivity contribution is 7.16. The van der Waals surface area contributed by atoms with Crippen LogP contribution in [0.5, 0.6) is 0 Å². The third-order valence-corrected chi connectivity index (χ3v) is 5.69. The zero-order valence-corrected chi connectivity index (χ0v) is 15.5. The fourth-order valence-electron chi connectivity index (χ4n) is 2.83. The second kappa shape index (κ2) is 7.64. The molecule has 26 heavy (non-hydrogen) atoms. The number of thiazole rings is 1. The molecule has 1 amide bonds. The number of thiophene rings is 1. The zero-order chi connectivity index (χ0) is 17.8. The standard InChI is InChI=1S/C21H16N2OS2/c24-20(23-21-22-17(14-26-21)18-12-7-13-25-18)19(15-8-3-1-4-9-15)16-10-5-2-6-11-16/h1-14,19H,(H,22,23,24). The van der Waals surface area contributed by atoms with Crippen molar-refractivity contribution in [2.45, 2.75) is 5.92 Å². The van der Waals surface area contributed by atoms with Gasteiger partial charge in [-0.2, -0.15) is 0 Å². The Morgan fingerprint density at radius 2 is 1.50 bits per heavy atom. The van der Waals surface area contributed by atoms with Crippen molar-refractivity contribution in [1.29, 1.82) is 0 Å². The lowest BCUT2D eigenvalue weighted by Gasteiger charge is -2.17. The first kappa shape index (κ1) is 16.7. The number of rotatable bonds is 5. The molecule has 0 aliphatic rings. The van der Waals surface area contributed by atoms with Crippen LogP contribution >= 0.6 is 22.7 Å². The Labute approximate surface area is 160 Å². The molecule has 0 atom stereocenters. The van der Waals surface area contributed by atoms with Crippen LogP contribution in [0.15, 0.2) is 83.6 Å². The number of nitrogens with zero attached hydrogens (tertiary/aromatic N) is 1. The van der Waals surface area contributed by atoms with E-state index in [0.717, 1.165) is 21.7 Å². The molecule has 2 aromatic heterocycles. The lowest BCUT2D eigenvalue weighted by molar-refractivity contribution is -0.116. The molecule has 0 radical (unpaired) electrons. The molecular weight excluding hydrogens is 360 g/mol. The van der Waals surface area contributed by atoms with Crippen LogP contribution in [0.1, 0.15) is 17.0 Å². The first-order valence-corrected chi connectivity index (χ1v) is 9.97. The first-order chi connectivity index (χ1) is 12.8. The predicted octanol–water partition coefficient (Wildman–Crippen LogP) is 5.64. The van der Waals surface area contributed by atoms with Gasteiger partial charge in [-0.3, -0.25) is 4.79 Å². The van der Waals surface area contributed by atoms with E-state index >= 15 is 0 Å². The molecule has 0 saturated carbocycles. The van der Waals surface area contributed by atoms with Crippen LogP contribution in [0, 0.1) is 0 Å². The van der Waals surface area contributed by atoms with Crippen LogP contribution in [-0.4, -0.2) is 10.9 Å². The average molecular weight is 377 g/mol. The fraction of sp³-hybridized carbons (Fsp3) is 0.0476. The minimum Gasteiger partial charge on any atom is -0.301 e. The van der Waals surface area contributed by atoms with E-state index in [1.807, 2.05) is 83.6 Å². The van der Waals surface area contributed by atoms with Gasteiger partial charge in [-0.05, 0) is 22.6 Å². The van der Waals surface area contributed by atoms with Gasteiger partial charge < -0.3 is 5.32 Å². The first-order valence-electron chi connectivity index (χ1n) is 8.21. The monoisotopic (exact) mass is 376 g/mol. The van der Waals surface area contributed by atoms with E-state index in [2.05, 4.69) is 10.3 Å². The summed E-state index contributed by atoms with van der Waals surface area (Å²) in [6.45, 7) is 0. The molecule has 0 saturated heterocycles. The fourth-order valence-corrected chi connectivity index (χ4v) is 4.31. The number of nitrogens with one attached hydrogen (secondary N) is 1. The number of benzene rings is 2. The van der Waals surface area contributed by atoms with Gasteiger partial charge in [-0.1, -0.05) is 66.7 Å². The third-order valence-electron chi connectivity index (χ3n) is 4.04. The molecule has 3 nitrogen and oxygen atoms in total. The number of aromatic nitrogens is 1. The highest BCUT2D eigenvalue weighted by Gasteiger charge is 2.23. The summed E-state index contributed by atoms with van der Waals surface area (Å²) < 4.78 is 0. The number of hydrogen-bond donors (Lipinski definition) is 1. The molecule has 128 valence electrons. The van der Waals surface area contributed by atoms with Crippen LogP contribution in [0.4, 0.5) is 5.13 Å². The van der Waals surface area contributed by atoms with E-state index < -0.39 is 0 Å². The number of hydrogen-bond acceptors (Lipinski definition) is 4. The number of anilines is 1. The van der Waals surface area contributed by atoms with Crippen LogP contribution < -0.4 is 5.32 Å². The molecule has 0 fully saturated rings. The normalized spacial score (nSPS) is 10.8. The van der Waals surface area contributed by atoms with Crippen molar-refractivity contribution in [2.24, 2.45) is 0 Å². The Kier molecular flexibility index (Phi) is 4.91. The third kappa shape index (κ3) is 3.59. The summed E-state index contributed by atoms with van der Waals surface area (Å²) in [6, 6.07) is 23.7. The maximum atomic E-state index is 13.1. The zero-order valence-electron chi connectivity index (χ0n) is 13.8. The maximum Gasteiger partial charge on any atom is 0.238 e. The second-order valence-electron chi connectivity index (χ2n) is 5.76. The van der Waals surface area contributed by atoms with E-state index in [1.54, 1.807) is 11.3 Å². The van der Waals surface area contributed by atoms with E-state index in [0.29, 0.717) is 5.13 Å². The molecule has 5 heteroatoms. The lowest BCUT2D eigenvalue weighted by atomic mass is 9.90. The number of carbonyl (C=O) groups is 1. The van der Waals surface area contributed by atoms with Gasteiger partial charge in [0, 0.05) is 5.38 Å². The highest BCUT2D eigenvalue weighted by Crippen LogP contribution is 2.30. The van der Waals surface area contributed by atoms with Crippen molar-refractivity contribution >= 4 is 33.7 Å². The van der Waals surface area contributed by atoms with E-state index in [-0.39, 0.29) is 11.8 Å². The smallest absolute Gasteiger partial charge is 0.238 e. The van der Waals surface area contributed by atoms with Crippen LogP contribution in [0.3, 0.4) is 0 Å². The maximum absolute atomic E-state index is 13.1. The summed E-state index contributed by atoms with van der Waals surface area (Å²) in [5.74, 6) is -0.444. The Hall–Kier alpha value is -2.76. The summed E-state index contributed by atoms with van der Waals surface area (Å²) in [5.41, 5.74) is 2.83. The predicted molar refractivity (Wildman–Crippen MR) is 109 cm³/mol. The number of carbonyl (C=O) groups excluding carboxylic acids is 1. The van der Waals surface area contributed by atoms with Crippen molar-refractivity contribution in [2.75, 3.05) is 5.32 Å². The molecule has 4 aromatic rings. The molecule has 2 aromatic carbocycles. The molecule has 0 aliphatic heterocycles. The van der Waals surface area contributed by atoms with Gasteiger partial charge in [-0.15, -0.1) is 22.7 Å². The molecule has 4 rings (SSSR count). The number of amides is 1. The van der Waals surface area contributed by atoms with Crippen molar-refractivity contribution in [3.05, 3.63) is 94.7 Å². The van der Waals surface area contributed by atoms with Crippen molar-refractivity contribution in [3.8, 4) is 10.6 Å². The van der Waals surface area contributed by atoms with Gasteiger partial charge in [0.25, 0.3) is 0 Å². The van der Waals surface area contributed by atoms with E-state index in [9.17, 15) is 4.79 Å².